The number of amides is 2. The van der Waals surface area contributed by atoms with Gasteiger partial charge in [-0.05, 0) is 59.7 Å². The van der Waals surface area contributed by atoms with Crippen LogP contribution in [-0.2, 0) is 9.53 Å². The summed E-state index contributed by atoms with van der Waals surface area (Å²) in [5.74, 6) is 0.322. The predicted molar refractivity (Wildman–Crippen MR) is 141 cm³/mol. The number of carbonyl (C=O) groups is 2. The first-order valence-corrected chi connectivity index (χ1v) is 12.1. The molecule has 8 nitrogen and oxygen atoms in total. The first-order valence-electron chi connectivity index (χ1n) is 12.1. The van der Waals surface area contributed by atoms with Crippen LogP contribution in [0, 0.1) is 5.82 Å². The summed E-state index contributed by atoms with van der Waals surface area (Å²) < 4.78 is 29.2. The molecular weight excluding hydrogens is 489 g/mol. The molecule has 3 aromatic rings. The zero-order valence-electron chi connectivity index (χ0n) is 21.6. The Bertz CT molecular complexity index is 1280. The van der Waals surface area contributed by atoms with Crippen LogP contribution in [0.1, 0.15) is 33.9 Å². The highest BCUT2D eigenvalue weighted by molar-refractivity contribution is 6.03. The number of carbonyl (C=O) groups excluding carboxylic acids is 2. The van der Waals surface area contributed by atoms with E-state index in [1.807, 2.05) is 24.3 Å². The fraction of sp³-hybridized carbons (Fsp3) is 0.276. The Morgan fingerprint density at radius 2 is 1.53 bits per heavy atom. The molecule has 1 heterocycles. The zero-order valence-corrected chi connectivity index (χ0v) is 21.6. The summed E-state index contributed by atoms with van der Waals surface area (Å²) in [5.41, 5.74) is 2.68. The SMILES string of the molecule is COCCN(CC(=O)N1N=C(c2ccc(F)cc2)C[C@H]1c1ccc(OC)cc1)C(=O)c1ccc(OC)cc1. The molecule has 0 saturated carbocycles. The van der Waals surface area contributed by atoms with Crippen LogP contribution in [0.5, 0.6) is 11.5 Å². The van der Waals surface area contributed by atoms with Crippen LogP contribution in [0.15, 0.2) is 77.9 Å². The Balaban J connectivity index is 1.61. The van der Waals surface area contributed by atoms with Gasteiger partial charge in [0.15, 0.2) is 0 Å². The van der Waals surface area contributed by atoms with Gasteiger partial charge in [-0.25, -0.2) is 9.40 Å². The molecule has 0 aliphatic carbocycles. The van der Waals surface area contributed by atoms with Crippen molar-refractivity contribution in [3.63, 3.8) is 0 Å². The average molecular weight is 520 g/mol. The first kappa shape index (κ1) is 26.8. The van der Waals surface area contributed by atoms with E-state index in [0.717, 1.165) is 11.1 Å². The number of methoxy groups -OCH3 is 3. The molecule has 0 fully saturated rings. The average Bonchev–Trinajstić information content (AvgIpc) is 3.41. The molecule has 2 amide bonds. The number of halogens is 1. The number of hydrogen-bond acceptors (Lipinski definition) is 6. The van der Waals surface area contributed by atoms with Crippen molar-refractivity contribution in [1.29, 1.82) is 0 Å². The third kappa shape index (κ3) is 6.18. The van der Waals surface area contributed by atoms with E-state index in [1.165, 1.54) is 29.2 Å². The molecule has 0 unspecified atom stereocenters. The highest BCUT2D eigenvalue weighted by Gasteiger charge is 2.34. The van der Waals surface area contributed by atoms with Crippen LogP contribution in [0.2, 0.25) is 0 Å². The number of nitrogens with zero attached hydrogens (tertiary/aromatic N) is 3. The van der Waals surface area contributed by atoms with Crippen molar-refractivity contribution in [3.8, 4) is 11.5 Å². The van der Waals surface area contributed by atoms with Crippen molar-refractivity contribution in [1.82, 2.24) is 9.91 Å². The van der Waals surface area contributed by atoms with Crippen LogP contribution < -0.4 is 9.47 Å². The van der Waals surface area contributed by atoms with Crippen molar-refractivity contribution in [3.05, 3.63) is 95.3 Å². The smallest absolute Gasteiger partial charge is 0.262 e. The lowest BCUT2D eigenvalue weighted by Gasteiger charge is -2.27. The van der Waals surface area contributed by atoms with Crippen molar-refractivity contribution in [2.24, 2.45) is 5.10 Å². The van der Waals surface area contributed by atoms with E-state index >= 15 is 0 Å². The topological polar surface area (TPSA) is 80.7 Å². The molecular formula is C29H30FN3O5. The number of rotatable bonds is 10. The summed E-state index contributed by atoms with van der Waals surface area (Å²) in [6.07, 6.45) is 0.439. The van der Waals surface area contributed by atoms with E-state index in [2.05, 4.69) is 5.10 Å². The maximum Gasteiger partial charge on any atom is 0.262 e. The molecule has 0 spiro atoms. The van der Waals surface area contributed by atoms with Gasteiger partial charge in [-0.1, -0.05) is 24.3 Å². The van der Waals surface area contributed by atoms with Crippen molar-refractivity contribution in [2.75, 3.05) is 41.0 Å². The zero-order chi connectivity index (χ0) is 27.1. The maximum absolute atomic E-state index is 13.7. The molecule has 0 radical (unpaired) electrons. The summed E-state index contributed by atoms with van der Waals surface area (Å²) in [6, 6.07) is 19.8. The van der Waals surface area contributed by atoms with Gasteiger partial charge in [0, 0.05) is 25.6 Å². The fourth-order valence-corrected chi connectivity index (χ4v) is 4.25. The van der Waals surface area contributed by atoms with Gasteiger partial charge >= 0.3 is 0 Å². The second kappa shape index (κ2) is 12.3. The van der Waals surface area contributed by atoms with Crippen molar-refractivity contribution in [2.45, 2.75) is 12.5 Å². The van der Waals surface area contributed by atoms with E-state index in [-0.39, 0.29) is 37.3 Å². The quantitative estimate of drug-likeness (QED) is 0.399. The largest absolute Gasteiger partial charge is 0.497 e. The van der Waals surface area contributed by atoms with Crippen molar-refractivity contribution >= 4 is 17.5 Å². The van der Waals surface area contributed by atoms with Crippen LogP contribution in [0.25, 0.3) is 0 Å². The number of hydrogen-bond donors (Lipinski definition) is 0. The van der Waals surface area contributed by atoms with Crippen LogP contribution in [-0.4, -0.2) is 68.5 Å². The van der Waals surface area contributed by atoms with E-state index in [0.29, 0.717) is 29.2 Å². The highest BCUT2D eigenvalue weighted by atomic mass is 19.1. The van der Waals surface area contributed by atoms with E-state index < -0.39 is 6.04 Å². The minimum Gasteiger partial charge on any atom is -0.497 e. The lowest BCUT2D eigenvalue weighted by molar-refractivity contribution is -0.133. The normalized spacial score (nSPS) is 14.7. The minimum atomic E-state index is -0.395. The molecule has 3 aromatic carbocycles. The summed E-state index contributed by atoms with van der Waals surface area (Å²) in [4.78, 5) is 28.4. The molecule has 9 heteroatoms. The standard InChI is InChI=1S/C29H30FN3O5/c1-36-17-16-32(29(35)22-8-14-25(38-3)15-9-22)19-28(34)33-27(21-6-12-24(37-2)13-7-21)18-26(31-33)20-4-10-23(30)11-5-20/h4-15,27H,16-19H2,1-3H3/t27-/m0/s1. The Morgan fingerprint density at radius 1 is 0.921 bits per heavy atom. The van der Waals surface area contributed by atoms with E-state index in [9.17, 15) is 14.0 Å². The van der Waals surface area contributed by atoms with E-state index in [1.54, 1.807) is 50.6 Å². The van der Waals surface area contributed by atoms with Gasteiger partial charge < -0.3 is 19.1 Å². The van der Waals surface area contributed by atoms with Crippen LogP contribution in [0.4, 0.5) is 4.39 Å². The summed E-state index contributed by atoms with van der Waals surface area (Å²) >= 11 is 0. The lowest BCUT2D eigenvalue weighted by Crippen LogP contribution is -2.42. The Hall–Kier alpha value is -4.24. The monoisotopic (exact) mass is 519 g/mol. The molecule has 0 bridgehead atoms. The third-order valence-corrected chi connectivity index (χ3v) is 6.36. The molecule has 1 aliphatic rings. The predicted octanol–water partition coefficient (Wildman–Crippen LogP) is 4.31. The third-order valence-electron chi connectivity index (χ3n) is 6.36. The van der Waals surface area contributed by atoms with Gasteiger partial charge in [0.2, 0.25) is 0 Å². The summed E-state index contributed by atoms with van der Waals surface area (Å²) in [5, 5.41) is 6.06. The van der Waals surface area contributed by atoms with Gasteiger partial charge in [-0.15, -0.1) is 0 Å². The molecule has 0 aromatic heterocycles. The Labute approximate surface area is 221 Å². The number of benzene rings is 3. The summed E-state index contributed by atoms with van der Waals surface area (Å²) in [6.45, 7) is 0.297. The minimum absolute atomic E-state index is 0.193. The second-order valence-corrected chi connectivity index (χ2v) is 8.73. The van der Waals surface area contributed by atoms with Gasteiger partial charge in [-0.3, -0.25) is 9.59 Å². The fourth-order valence-electron chi connectivity index (χ4n) is 4.25. The van der Waals surface area contributed by atoms with Crippen LogP contribution >= 0.6 is 0 Å². The molecule has 1 atom stereocenters. The maximum atomic E-state index is 13.7. The second-order valence-electron chi connectivity index (χ2n) is 8.73. The van der Waals surface area contributed by atoms with Gasteiger partial charge in [0.25, 0.3) is 11.8 Å². The Kier molecular flexibility index (Phi) is 8.70. The lowest BCUT2D eigenvalue weighted by atomic mass is 9.98. The molecule has 38 heavy (non-hydrogen) atoms. The van der Waals surface area contributed by atoms with Crippen molar-refractivity contribution < 1.29 is 28.2 Å². The van der Waals surface area contributed by atoms with Gasteiger partial charge in [0.05, 0.1) is 32.6 Å². The molecule has 198 valence electrons. The van der Waals surface area contributed by atoms with Gasteiger partial charge in [0.1, 0.15) is 23.9 Å². The van der Waals surface area contributed by atoms with Gasteiger partial charge in [-0.2, -0.15) is 5.10 Å². The Morgan fingerprint density at radius 3 is 2.11 bits per heavy atom. The van der Waals surface area contributed by atoms with Crippen LogP contribution in [0.3, 0.4) is 0 Å². The highest BCUT2D eigenvalue weighted by Crippen LogP contribution is 2.34. The van der Waals surface area contributed by atoms with E-state index in [4.69, 9.17) is 14.2 Å². The molecule has 0 saturated heterocycles. The molecule has 4 rings (SSSR count). The first-order chi connectivity index (χ1) is 18.4. The molecule has 1 aliphatic heterocycles. The molecule has 0 N–H and O–H groups in total. The number of ether oxygens (including phenoxy) is 3. The summed E-state index contributed by atoms with van der Waals surface area (Å²) in [7, 11) is 4.68. The number of hydrazone groups is 1.